The summed E-state index contributed by atoms with van der Waals surface area (Å²) in [5, 5.41) is 0. The van der Waals surface area contributed by atoms with Crippen molar-refractivity contribution in [3.8, 4) is 11.3 Å². The Kier molecular flexibility index (Phi) is 2.95. The minimum absolute atomic E-state index is 0.211. The molecule has 0 amide bonds. The molecule has 94 valence electrons. The van der Waals surface area contributed by atoms with Crippen molar-refractivity contribution in [2.45, 2.75) is 27.7 Å². The lowest BCUT2D eigenvalue weighted by Crippen LogP contribution is -2.03. The maximum atomic E-state index is 5.74. The Morgan fingerprint density at radius 1 is 0.833 bits per heavy atom. The normalized spacial score (nSPS) is 10.7. The summed E-state index contributed by atoms with van der Waals surface area (Å²) in [7, 11) is 0. The number of nitrogen functional groups attached to an aromatic ring is 2. The fourth-order valence-corrected chi connectivity index (χ4v) is 2.21. The first kappa shape index (κ1) is 12.4. The first-order chi connectivity index (χ1) is 8.40. The van der Waals surface area contributed by atoms with E-state index in [9.17, 15) is 0 Å². The second-order valence-electron chi connectivity index (χ2n) is 4.67. The van der Waals surface area contributed by atoms with E-state index in [0.29, 0.717) is 5.82 Å². The third-order valence-electron chi connectivity index (χ3n) is 3.39. The van der Waals surface area contributed by atoms with Crippen molar-refractivity contribution < 1.29 is 0 Å². The molecule has 0 aliphatic heterocycles. The number of aryl methyl sites for hydroxylation is 2. The molecule has 1 aromatic carbocycles. The van der Waals surface area contributed by atoms with Crippen LogP contribution in [-0.2, 0) is 0 Å². The van der Waals surface area contributed by atoms with E-state index < -0.39 is 0 Å². The highest BCUT2D eigenvalue weighted by Crippen LogP contribution is 2.31. The van der Waals surface area contributed by atoms with Crippen LogP contribution in [0, 0.1) is 27.7 Å². The van der Waals surface area contributed by atoms with Gasteiger partial charge in [0.25, 0.3) is 0 Å². The summed E-state index contributed by atoms with van der Waals surface area (Å²) in [4.78, 5) is 8.20. The van der Waals surface area contributed by atoms with Crippen molar-refractivity contribution in [3.63, 3.8) is 0 Å². The van der Waals surface area contributed by atoms with Crippen LogP contribution in [0.15, 0.2) is 12.1 Å². The van der Waals surface area contributed by atoms with Crippen LogP contribution in [0.1, 0.15) is 22.3 Å². The van der Waals surface area contributed by atoms with Crippen molar-refractivity contribution in [2.24, 2.45) is 0 Å². The zero-order valence-electron chi connectivity index (χ0n) is 11.2. The third-order valence-corrected chi connectivity index (χ3v) is 3.39. The molecule has 0 aliphatic rings. The molecule has 0 fully saturated rings. The number of hydrogen-bond acceptors (Lipinski definition) is 4. The summed E-state index contributed by atoms with van der Waals surface area (Å²) in [6.07, 6.45) is 0. The van der Waals surface area contributed by atoms with E-state index in [0.717, 1.165) is 11.3 Å². The first-order valence-corrected chi connectivity index (χ1v) is 5.88. The Bertz CT molecular complexity index is 571. The molecular formula is C14H18N4. The van der Waals surface area contributed by atoms with Gasteiger partial charge >= 0.3 is 0 Å². The van der Waals surface area contributed by atoms with E-state index in [-0.39, 0.29) is 5.95 Å². The summed E-state index contributed by atoms with van der Waals surface area (Å²) >= 11 is 0. The molecular weight excluding hydrogens is 224 g/mol. The second kappa shape index (κ2) is 4.29. The van der Waals surface area contributed by atoms with Gasteiger partial charge in [-0.2, -0.15) is 4.98 Å². The van der Waals surface area contributed by atoms with Crippen LogP contribution in [0.5, 0.6) is 0 Å². The van der Waals surface area contributed by atoms with Gasteiger partial charge in [0.05, 0.1) is 5.69 Å². The van der Waals surface area contributed by atoms with Crippen molar-refractivity contribution in [1.29, 1.82) is 0 Å². The molecule has 4 nitrogen and oxygen atoms in total. The Balaban J connectivity index is 2.78. The molecule has 0 atom stereocenters. The number of benzene rings is 1. The molecule has 2 aromatic rings. The number of aromatic nitrogens is 2. The average Bonchev–Trinajstić information content (AvgIpc) is 2.25. The standard InChI is InChI=1S/C14H18N4/c1-7-5-8(2)10(4)13(9(7)3)11-6-12(15)18-14(16)17-11/h5-6H,1-4H3,(H4,15,16,17,18). The summed E-state index contributed by atoms with van der Waals surface area (Å²) < 4.78 is 0. The zero-order chi connectivity index (χ0) is 13.4. The van der Waals surface area contributed by atoms with Crippen LogP contribution in [0.3, 0.4) is 0 Å². The Morgan fingerprint density at radius 2 is 1.39 bits per heavy atom. The predicted octanol–water partition coefficient (Wildman–Crippen LogP) is 2.54. The largest absolute Gasteiger partial charge is 0.384 e. The smallest absolute Gasteiger partial charge is 0.222 e. The molecule has 0 radical (unpaired) electrons. The Morgan fingerprint density at radius 3 is 1.89 bits per heavy atom. The minimum atomic E-state index is 0.211. The van der Waals surface area contributed by atoms with E-state index in [1.54, 1.807) is 6.07 Å². The first-order valence-electron chi connectivity index (χ1n) is 5.88. The fraction of sp³-hybridized carbons (Fsp3) is 0.286. The molecule has 0 spiro atoms. The second-order valence-corrected chi connectivity index (χ2v) is 4.67. The quantitative estimate of drug-likeness (QED) is 0.805. The highest BCUT2D eigenvalue weighted by atomic mass is 15.0. The van der Waals surface area contributed by atoms with Crippen LogP contribution < -0.4 is 11.5 Å². The van der Waals surface area contributed by atoms with Crippen LogP contribution in [-0.4, -0.2) is 9.97 Å². The molecule has 0 saturated heterocycles. The molecule has 1 heterocycles. The monoisotopic (exact) mass is 242 g/mol. The van der Waals surface area contributed by atoms with Gasteiger partial charge in [0.2, 0.25) is 5.95 Å². The van der Waals surface area contributed by atoms with Crippen LogP contribution >= 0.6 is 0 Å². The van der Waals surface area contributed by atoms with Crippen molar-refractivity contribution >= 4 is 11.8 Å². The molecule has 0 unspecified atom stereocenters. The van der Waals surface area contributed by atoms with Gasteiger partial charge in [-0.15, -0.1) is 0 Å². The van der Waals surface area contributed by atoms with Gasteiger partial charge in [0, 0.05) is 11.6 Å². The molecule has 0 aliphatic carbocycles. The summed E-state index contributed by atoms with van der Waals surface area (Å²) in [5.74, 6) is 0.610. The maximum Gasteiger partial charge on any atom is 0.222 e. The lowest BCUT2D eigenvalue weighted by atomic mass is 9.92. The van der Waals surface area contributed by atoms with E-state index in [1.165, 1.54) is 22.3 Å². The van der Waals surface area contributed by atoms with Crippen molar-refractivity contribution in [2.75, 3.05) is 11.5 Å². The summed E-state index contributed by atoms with van der Waals surface area (Å²) in [6, 6.07) is 3.95. The van der Waals surface area contributed by atoms with Gasteiger partial charge in [-0.3, -0.25) is 0 Å². The molecule has 18 heavy (non-hydrogen) atoms. The summed E-state index contributed by atoms with van der Waals surface area (Å²) in [6.45, 7) is 8.37. The number of nitrogens with two attached hydrogens (primary N) is 2. The zero-order valence-corrected chi connectivity index (χ0v) is 11.2. The number of rotatable bonds is 1. The minimum Gasteiger partial charge on any atom is -0.384 e. The van der Waals surface area contributed by atoms with E-state index >= 15 is 0 Å². The van der Waals surface area contributed by atoms with Crippen molar-refractivity contribution in [1.82, 2.24) is 9.97 Å². The summed E-state index contributed by atoms with van der Waals surface area (Å²) in [5.41, 5.74) is 18.2. The molecule has 0 saturated carbocycles. The number of nitrogens with zero attached hydrogens (tertiary/aromatic N) is 2. The van der Waals surface area contributed by atoms with Crippen LogP contribution in [0.2, 0.25) is 0 Å². The molecule has 1 aromatic heterocycles. The Hall–Kier alpha value is -2.10. The van der Waals surface area contributed by atoms with Gasteiger partial charge in [0.1, 0.15) is 5.82 Å². The van der Waals surface area contributed by atoms with Crippen LogP contribution in [0.4, 0.5) is 11.8 Å². The Labute approximate surface area is 107 Å². The molecule has 4 heteroatoms. The van der Waals surface area contributed by atoms with E-state index in [2.05, 4.69) is 43.7 Å². The fourth-order valence-electron chi connectivity index (χ4n) is 2.21. The number of anilines is 2. The van der Waals surface area contributed by atoms with Gasteiger partial charge in [0.15, 0.2) is 0 Å². The highest BCUT2D eigenvalue weighted by molar-refractivity contribution is 5.72. The topological polar surface area (TPSA) is 77.8 Å². The van der Waals surface area contributed by atoms with E-state index in [4.69, 9.17) is 11.5 Å². The maximum absolute atomic E-state index is 5.74. The average molecular weight is 242 g/mol. The van der Waals surface area contributed by atoms with Crippen LogP contribution in [0.25, 0.3) is 11.3 Å². The lowest BCUT2D eigenvalue weighted by molar-refractivity contribution is 1.17. The SMILES string of the molecule is Cc1cc(C)c(C)c(-c2cc(N)nc(N)n2)c1C. The van der Waals surface area contributed by atoms with Gasteiger partial charge in [-0.1, -0.05) is 6.07 Å². The van der Waals surface area contributed by atoms with E-state index in [1.807, 2.05) is 0 Å². The predicted molar refractivity (Wildman–Crippen MR) is 75.2 cm³/mol. The lowest BCUT2D eigenvalue weighted by Gasteiger charge is -2.15. The molecule has 4 N–H and O–H groups in total. The van der Waals surface area contributed by atoms with Gasteiger partial charge in [-0.25, -0.2) is 4.98 Å². The number of hydrogen-bond donors (Lipinski definition) is 2. The molecule has 0 bridgehead atoms. The molecule has 2 rings (SSSR count). The van der Waals surface area contributed by atoms with Gasteiger partial charge < -0.3 is 11.5 Å². The third kappa shape index (κ3) is 2.01. The van der Waals surface area contributed by atoms with Gasteiger partial charge in [-0.05, 0) is 49.9 Å². The highest BCUT2D eigenvalue weighted by Gasteiger charge is 2.13. The van der Waals surface area contributed by atoms with Crippen molar-refractivity contribution in [3.05, 3.63) is 34.4 Å².